The van der Waals surface area contributed by atoms with Gasteiger partial charge in [-0.25, -0.2) is 0 Å². The third-order valence-corrected chi connectivity index (χ3v) is 2.76. The number of rotatable bonds is 4. The third kappa shape index (κ3) is 3.32. The van der Waals surface area contributed by atoms with E-state index in [1.165, 1.54) is 6.07 Å². The van der Waals surface area contributed by atoms with E-state index in [0.29, 0.717) is 10.6 Å². The minimum Gasteiger partial charge on any atom is -0.299 e. The molecular formula is C12H12Cl2O2. The van der Waals surface area contributed by atoms with Crippen molar-refractivity contribution >= 4 is 34.8 Å². The molecule has 0 heterocycles. The lowest BCUT2D eigenvalue weighted by Crippen LogP contribution is -2.13. The van der Waals surface area contributed by atoms with Gasteiger partial charge in [0.2, 0.25) is 0 Å². The van der Waals surface area contributed by atoms with Crippen LogP contribution in [0.3, 0.4) is 0 Å². The highest BCUT2D eigenvalue weighted by molar-refractivity contribution is 6.37. The van der Waals surface area contributed by atoms with Gasteiger partial charge < -0.3 is 0 Å². The largest absolute Gasteiger partial charge is 0.299 e. The van der Waals surface area contributed by atoms with Crippen molar-refractivity contribution in [3.63, 3.8) is 0 Å². The van der Waals surface area contributed by atoms with Crippen molar-refractivity contribution in [1.82, 2.24) is 0 Å². The first-order valence-corrected chi connectivity index (χ1v) is 5.68. The molecule has 0 aliphatic rings. The van der Waals surface area contributed by atoms with E-state index in [9.17, 15) is 9.59 Å². The van der Waals surface area contributed by atoms with Crippen molar-refractivity contribution < 1.29 is 9.59 Å². The Morgan fingerprint density at radius 2 is 1.88 bits per heavy atom. The van der Waals surface area contributed by atoms with E-state index in [4.69, 9.17) is 23.2 Å². The monoisotopic (exact) mass is 258 g/mol. The van der Waals surface area contributed by atoms with Crippen LogP contribution in [0, 0.1) is 5.92 Å². The average Bonchev–Trinajstić information content (AvgIpc) is 2.16. The Hall–Kier alpha value is -0.860. The second kappa shape index (κ2) is 5.46. The molecule has 1 rings (SSSR count). The van der Waals surface area contributed by atoms with Crippen LogP contribution < -0.4 is 0 Å². The lowest BCUT2D eigenvalue weighted by molar-refractivity contribution is -0.121. The van der Waals surface area contributed by atoms with E-state index in [2.05, 4.69) is 0 Å². The molecule has 1 aromatic rings. The maximum atomic E-state index is 11.7. The summed E-state index contributed by atoms with van der Waals surface area (Å²) in [5.74, 6) is -0.494. The molecule has 2 nitrogen and oxygen atoms in total. The Bertz CT molecular complexity index is 425. The normalized spacial score (nSPS) is 10.6. The maximum Gasteiger partial charge on any atom is 0.171 e. The summed E-state index contributed by atoms with van der Waals surface area (Å²) in [6, 6.07) is 4.62. The highest BCUT2D eigenvalue weighted by atomic mass is 35.5. The van der Waals surface area contributed by atoms with Crippen LogP contribution in [-0.4, -0.2) is 11.6 Å². The van der Waals surface area contributed by atoms with Crippen molar-refractivity contribution in [3.05, 3.63) is 33.8 Å². The SMILES string of the molecule is CC(C)C(=O)CC(=O)c1ccc(Cl)cc1Cl. The fourth-order valence-electron chi connectivity index (χ4n) is 1.17. The number of benzene rings is 1. The molecule has 0 fully saturated rings. The van der Waals surface area contributed by atoms with Gasteiger partial charge in [0.1, 0.15) is 5.78 Å². The van der Waals surface area contributed by atoms with Gasteiger partial charge in [-0.1, -0.05) is 37.0 Å². The highest BCUT2D eigenvalue weighted by Gasteiger charge is 2.16. The van der Waals surface area contributed by atoms with Gasteiger partial charge in [0.25, 0.3) is 0 Å². The summed E-state index contributed by atoms with van der Waals surface area (Å²) in [5, 5.41) is 0.755. The molecule has 0 bridgehead atoms. The minimum absolute atomic E-state index is 0.0870. The lowest BCUT2D eigenvalue weighted by Gasteiger charge is -2.05. The van der Waals surface area contributed by atoms with Gasteiger partial charge in [-0.2, -0.15) is 0 Å². The molecule has 86 valence electrons. The number of hydrogen-bond acceptors (Lipinski definition) is 2. The lowest BCUT2D eigenvalue weighted by atomic mass is 10.00. The molecular weight excluding hydrogens is 247 g/mol. The van der Waals surface area contributed by atoms with Crippen LogP contribution in [0.5, 0.6) is 0 Å². The topological polar surface area (TPSA) is 34.1 Å². The van der Waals surface area contributed by atoms with Gasteiger partial charge in [-0.3, -0.25) is 9.59 Å². The Morgan fingerprint density at radius 3 is 2.38 bits per heavy atom. The van der Waals surface area contributed by atoms with E-state index in [0.717, 1.165) is 0 Å². The Balaban J connectivity index is 2.85. The molecule has 0 saturated carbocycles. The average molecular weight is 259 g/mol. The molecule has 0 aliphatic carbocycles. The van der Waals surface area contributed by atoms with Crippen LogP contribution in [-0.2, 0) is 4.79 Å². The van der Waals surface area contributed by atoms with Gasteiger partial charge >= 0.3 is 0 Å². The summed E-state index contributed by atoms with van der Waals surface area (Å²) >= 11 is 11.6. The second-order valence-electron chi connectivity index (χ2n) is 3.85. The van der Waals surface area contributed by atoms with E-state index >= 15 is 0 Å². The van der Waals surface area contributed by atoms with Gasteiger partial charge in [-0.05, 0) is 18.2 Å². The minimum atomic E-state index is -0.264. The molecule has 0 saturated heterocycles. The zero-order chi connectivity index (χ0) is 12.3. The van der Waals surface area contributed by atoms with Crippen LogP contribution in [0.2, 0.25) is 10.0 Å². The maximum absolute atomic E-state index is 11.7. The summed E-state index contributed by atoms with van der Waals surface area (Å²) in [6.07, 6.45) is -0.112. The van der Waals surface area contributed by atoms with Gasteiger partial charge in [0, 0.05) is 16.5 Å². The van der Waals surface area contributed by atoms with Crippen LogP contribution in [0.1, 0.15) is 30.6 Å². The summed E-state index contributed by atoms with van der Waals surface area (Å²) < 4.78 is 0. The molecule has 0 amide bonds. The molecule has 0 radical (unpaired) electrons. The van der Waals surface area contributed by atoms with Crippen molar-refractivity contribution in [2.24, 2.45) is 5.92 Å². The molecule has 0 atom stereocenters. The number of hydrogen-bond donors (Lipinski definition) is 0. The molecule has 16 heavy (non-hydrogen) atoms. The first-order valence-electron chi connectivity index (χ1n) is 4.92. The molecule has 0 N–H and O–H groups in total. The number of carbonyl (C=O) groups excluding carboxylic acids is 2. The molecule has 0 aliphatic heterocycles. The number of ketones is 2. The van der Waals surface area contributed by atoms with Crippen LogP contribution in [0.15, 0.2) is 18.2 Å². The van der Waals surface area contributed by atoms with Crippen molar-refractivity contribution in [1.29, 1.82) is 0 Å². The van der Waals surface area contributed by atoms with E-state index in [1.54, 1.807) is 26.0 Å². The van der Waals surface area contributed by atoms with Crippen LogP contribution >= 0.6 is 23.2 Å². The van der Waals surface area contributed by atoms with Crippen LogP contribution in [0.4, 0.5) is 0 Å². The zero-order valence-corrected chi connectivity index (χ0v) is 10.6. The van der Waals surface area contributed by atoms with Crippen molar-refractivity contribution in [2.45, 2.75) is 20.3 Å². The second-order valence-corrected chi connectivity index (χ2v) is 4.69. The quantitative estimate of drug-likeness (QED) is 0.609. The van der Waals surface area contributed by atoms with Gasteiger partial charge in [0.15, 0.2) is 5.78 Å². The summed E-state index contributed by atoms with van der Waals surface area (Å²) in [6.45, 7) is 3.53. The van der Waals surface area contributed by atoms with E-state index in [1.807, 2.05) is 0 Å². The van der Waals surface area contributed by atoms with E-state index in [-0.39, 0.29) is 28.9 Å². The predicted molar refractivity (Wildman–Crippen MR) is 65.3 cm³/mol. The standard InChI is InChI=1S/C12H12Cl2O2/c1-7(2)11(15)6-12(16)9-4-3-8(13)5-10(9)14/h3-5,7H,6H2,1-2H3. The van der Waals surface area contributed by atoms with Crippen molar-refractivity contribution in [2.75, 3.05) is 0 Å². The Kier molecular flexibility index (Phi) is 4.51. The van der Waals surface area contributed by atoms with Gasteiger partial charge in [0.05, 0.1) is 11.4 Å². The molecule has 4 heteroatoms. The first-order chi connectivity index (χ1) is 7.41. The Morgan fingerprint density at radius 1 is 1.25 bits per heavy atom. The summed E-state index contributed by atoms with van der Waals surface area (Å²) in [5.41, 5.74) is 0.347. The smallest absolute Gasteiger partial charge is 0.171 e. The first kappa shape index (κ1) is 13.2. The summed E-state index contributed by atoms with van der Waals surface area (Å²) in [4.78, 5) is 23.2. The Labute approximate surface area is 105 Å². The van der Waals surface area contributed by atoms with E-state index < -0.39 is 0 Å². The number of carbonyl (C=O) groups is 2. The number of Topliss-reactive ketones (excluding diaryl/α,β-unsaturated/α-hetero) is 2. The molecule has 0 spiro atoms. The van der Waals surface area contributed by atoms with Gasteiger partial charge in [-0.15, -0.1) is 0 Å². The molecule has 0 aromatic heterocycles. The summed E-state index contributed by atoms with van der Waals surface area (Å²) in [7, 11) is 0. The zero-order valence-electron chi connectivity index (χ0n) is 9.09. The molecule has 0 unspecified atom stereocenters. The highest BCUT2D eigenvalue weighted by Crippen LogP contribution is 2.22. The van der Waals surface area contributed by atoms with Crippen molar-refractivity contribution in [3.8, 4) is 0 Å². The fraction of sp³-hybridized carbons (Fsp3) is 0.333. The predicted octanol–water partition coefficient (Wildman–Crippen LogP) is 3.79. The van der Waals surface area contributed by atoms with Crippen LogP contribution in [0.25, 0.3) is 0 Å². The number of halogens is 2. The molecule has 1 aromatic carbocycles. The third-order valence-electron chi connectivity index (χ3n) is 2.21. The fourth-order valence-corrected chi connectivity index (χ4v) is 1.69.